The maximum Gasteiger partial charge on any atom is 0.472 e. The molecule has 0 aromatic carbocycles. The zero-order valence-corrected chi connectivity index (χ0v) is 48.6. The molecule has 12 heteroatoms. The van der Waals surface area contributed by atoms with E-state index in [-0.39, 0.29) is 25.9 Å². The molecule has 76 heavy (non-hydrogen) atoms. The van der Waals surface area contributed by atoms with E-state index in [4.69, 9.17) is 23.3 Å². The van der Waals surface area contributed by atoms with Crippen molar-refractivity contribution in [3.05, 3.63) is 122 Å². The van der Waals surface area contributed by atoms with Gasteiger partial charge in [-0.05, 0) is 128 Å². The van der Waals surface area contributed by atoms with E-state index in [1.54, 1.807) is 0 Å². The minimum Gasteiger partial charge on any atom is -0.462 e. The van der Waals surface area contributed by atoms with E-state index >= 15 is 0 Å². The van der Waals surface area contributed by atoms with Gasteiger partial charge in [0.2, 0.25) is 0 Å². The summed E-state index contributed by atoms with van der Waals surface area (Å²) in [6.45, 7) is 4.30. The number of aliphatic hydroxyl groups is 1. The monoisotopic (exact) mass is 1080 g/mol. The third kappa shape index (κ3) is 54.7. The number of hydrogen-bond acceptors (Lipinski definition) is 10. The third-order valence-corrected chi connectivity index (χ3v) is 12.8. The van der Waals surface area contributed by atoms with Gasteiger partial charge >= 0.3 is 25.7 Å². The highest BCUT2D eigenvalue weighted by Crippen LogP contribution is 2.43. The zero-order valence-electron chi connectivity index (χ0n) is 47.7. The lowest BCUT2D eigenvalue weighted by atomic mass is 10.1. The average molecular weight is 1080 g/mol. The number of phosphoric acid groups is 1. The van der Waals surface area contributed by atoms with E-state index in [0.717, 1.165) is 141 Å². The number of esters is 3. The molecule has 3 unspecified atom stereocenters. The number of unbranched alkanes of at least 4 members (excludes halogenated alkanes) is 16. The molecule has 0 spiro atoms. The summed E-state index contributed by atoms with van der Waals surface area (Å²) in [5.74, 6) is -1.55. The van der Waals surface area contributed by atoms with E-state index in [1.807, 2.05) is 0 Å². The van der Waals surface area contributed by atoms with Gasteiger partial charge in [-0.3, -0.25) is 23.4 Å². The van der Waals surface area contributed by atoms with Gasteiger partial charge in [-0.1, -0.05) is 200 Å². The van der Waals surface area contributed by atoms with Crippen molar-refractivity contribution in [3.8, 4) is 0 Å². The summed E-state index contributed by atoms with van der Waals surface area (Å²) in [5, 5.41) is 9.81. The Labute approximate surface area is 462 Å². The summed E-state index contributed by atoms with van der Waals surface area (Å²) in [4.78, 5) is 48.6. The summed E-state index contributed by atoms with van der Waals surface area (Å²) in [6.07, 6.45) is 70.1. The molecule has 0 bridgehead atoms. The zero-order chi connectivity index (χ0) is 55.5. The highest BCUT2D eigenvalue weighted by Gasteiger charge is 2.28. The summed E-state index contributed by atoms with van der Waals surface area (Å²) in [6, 6.07) is 0. The number of allylic oxidation sites excluding steroid dienone is 20. The van der Waals surface area contributed by atoms with E-state index in [2.05, 4.69) is 142 Å². The number of rotatable bonds is 53. The Bertz CT molecular complexity index is 1740. The van der Waals surface area contributed by atoms with Crippen molar-refractivity contribution in [2.45, 2.75) is 238 Å². The highest BCUT2D eigenvalue weighted by atomic mass is 31.2. The fraction of sp³-hybridized carbons (Fsp3) is 0.641. The van der Waals surface area contributed by atoms with Crippen LogP contribution in [0.15, 0.2) is 122 Å². The van der Waals surface area contributed by atoms with Gasteiger partial charge in [-0.15, -0.1) is 0 Å². The number of hydrogen-bond donors (Lipinski definition) is 2. The lowest BCUT2D eigenvalue weighted by molar-refractivity contribution is -0.161. The summed E-state index contributed by atoms with van der Waals surface area (Å²) >= 11 is 0. The van der Waals surface area contributed by atoms with Gasteiger partial charge in [0.25, 0.3) is 0 Å². The van der Waals surface area contributed by atoms with Crippen LogP contribution >= 0.6 is 7.82 Å². The minimum atomic E-state index is -4.77. The fourth-order valence-electron chi connectivity index (χ4n) is 7.43. The van der Waals surface area contributed by atoms with Gasteiger partial charge in [0.15, 0.2) is 6.10 Å². The van der Waals surface area contributed by atoms with Crippen LogP contribution in [0.5, 0.6) is 0 Å². The Morgan fingerprint density at radius 2 is 0.684 bits per heavy atom. The Kier molecular flexibility index (Phi) is 54.0. The van der Waals surface area contributed by atoms with E-state index in [0.29, 0.717) is 19.3 Å². The van der Waals surface area contributed by atoms with Gasteiger partial charge in [0.1, 0.15) is 12.7 Å². The molecule has 0 radical (unpaired) electrons. The molecular formula is C64H105O11P. The Hall–Kier alpha value is -4.12. The second-order valence-electron chi connectivity index (χ2n) is 19.0. The summed E-state index contributed by atoms with van der Waals surface area (Å²) in [5.41, 5.74) is 0. The SMILES string of the molecule is CC/C=C\C/C=C\C/C=C\C/C=C\CCCCCCC(=O)OCC(COP(=O)(O)OCC(CO)OC(=O)CCCCC/C=C\C/C=C\C/C=C\CC)OC(=O)CCCCCCCC/C=C\C/C=C\C/C=C\CCCCC. The van der Waals surface area contributed by atoms with Crippen LogP contribution < -0.4 is 0 Å². The number of phosphoric ester groups is 1. The van der Waals surface area contributed by atoms with Gasteiger partial charge in [0, 0.05) is 19.3 Å². The third-order valence-electron chi connectivity index (χ3n) is 11.8. The predicted molar refractivity (Wildman–Crippen MR) is 316 cm³/mol. The molecule has 0 saturated heterocycles. The first kappa shape index (κ1) is 71.9. The second-order valence-corrected chi connectivity index (χ2v) is 20.5. The molecule has 0 aliphatic carbocycles. The van der Waals surface area contributed by atoms with Crippen LogP contribution in [-0.4, -0.2) is 66.5 Å². The van der Waals surface area contributed by atoms with Crippen molar-refractivity contribution in [1.82, 2.24) is 0 Å². The number of carbonyl (C=O) groups is 3. The quantitative estimate of drug-likeness (QED) is 0.0197. The lowest BCUT2D eigenvalue weighted by Crippen LogP contribution is -2.30. The van der Waals surface area contributed by atoms with Gasteiger partial charge < -0.3 is 24.2 Å². The number of ether oxygens (including phenoxy) is 3. The molecular weight excluding hydrogens is 976 g/mol. The van der Waals surface area contributed by atoms with Gasteiger partial charge in [0.05, 0.1) is 19.8 Å². The Morgan fingerprint density at radius 1 is 0.382 bits per heavy atom. The molecule has 432 valence electrons. The fourth-order valence-corrected chi connectivity index (χ4v) is 8.21. The molecule has 0 amide bonds. The van der Waals surface area contributed by atoms with Crippen LogP contribution in [0.25, 0.3) is 0 Å². The Balaban J connectivity index is 4.84. The first-order valence-corrected chi connectivity index (χ1v) is 30.9. The molecule has 2 N–H and O–H groups in total. The van der Waals surface area contributed by atoms with Crippen molar-refractivity contribution in [1.29, 1.82) is 0 Å². The summed E-state index contributed by atoms with van der Waals surface area (Å²) in [7, 11) is -4.77. The first-order valence-electron chi connectivity index (χ1n) is 29.4. The Morgan fingerprint density at radius 3 is 1.07 bits per heavy atom. The molecule has 0 saturated carbocycles. The smallest absolute Gasteiger partial charge is 0.462 e. The molecule has 0 aromatic rings. The van der Waals surface area contributed by atoms with E-state index < -0.39 is 57.8 Å². The molecule has 0 aliphatic heterocycles. The predicted octanol–water partition coefficient (Wildman–Crippen LogP) is 17.6. The molecule has 0 rings (SSSR count). The summed E-state index contributed by atoms with van der Waals surface area (Å²) < 4.78 is 39.5. The van der Waals surface area contributed by atoms with Crippen LogP contribution in [-0.2, 0) is 42.2 Å². The van der Waals surface area contributed by atoms with Crippen molar-refractivity contribution < 1.29 is 52.2 Å². The molecule has 3 atom stereocenters. The van der Waals surface area contributed by atoms with E-state index in [1.165, 1.54) is 25.7 Å². The first-order chi connectivity index (χ1) is 37.2. The van der Waals surface area contributed by atoms with Crippen LogP contribution in [0.4, 0.5) is 0 Å². The topological polar surface area (TPSA) is 155 Å². The minimum absolute atomic E-state index is 0.133. The van der Waals surface area contributed by atoms with Crippen molar-refractivity contribution in [2.24, 2.45) is 0 Å². The largest absolute Gasteiger partial charge is 0.472 e. The van der Waals surface area contributed by atoms with Crippen molar-refractivity contribution in [2.75, 3.05) is 26.4 Å². The molecule has 0 aliphatic rings. The van der Waals surface area contributed by atoms with E-state index in [9.17, 15) is 28.9 Å². The number of carbonyl (C=O) groups excluding carboxylic acids is 3. The van der Waals surface area contributed by atoms with Crippen LogP contribution in [0.1, 0.15) is 226 Å². The number of aliphatic hydroxyl groups excluding tert-OH is 1. The second kappa shape index (κ2) is 57.1. The normalized spacial score (nSPS) is 14.2. The maximum absolute atomic E-state index is 12.9. The lowest BCUT2D eigenvalue weighted by Gasteiger charge is -2.21. The molecule has 11 nitrogen and oxygen atoms in total. The molecule has 0 heterocycles. The van der Waals surface area contributed by atoms with Crippen LogP contribution in [0, 0.1) is 0 Å². The van der Waals surface area contributed by atoms with Crippen molar-refractivity contribution in [3.63, 3.8) is 0 Å². The highest BCUT2D eigenvalue weighted by molar-refractivity contribution is 7.47. The standard InChI is InChI=1S/C64H105O11P/c1-4-7-10-13-16-19-22-25-27-29-30-32-34-37-40-43-46-49-52-55-64(68)75-61(57-71-62(66)53-50-47-44-41-38-36-33-31-28-26-23-20-17-14-11-8-5-2)59-73-76(69,70)72-58-60(56-65)74-63(67)54-51-48-45-42-39-35-24-21-18-15-12-9-6-3/h8-9,11-12,16-21,25-28,30,32-33,35-36,39,60-61,65H,4-7,10,13-15,22-24,29,31,34,37-38,40-59H2,1-3H3,(H,69,70)/b11-8-,12-9-,19-16-,20-17-,21-18-,27-25-,28-26-,32-30-,36-33-,39-35-. The maximum atomic E-state index is 12.9. The molecule has 0 fully saturated rings. The van der Waals surface area contributed by atoms with Crippen LogP contribution in [0.3, 0.4) is 0 Å². The van der Waals surface area contributed by atoms with Crippen molar-refractivity contribution >= 4 is 25.7 Å². The average Bonchev–Trinajstić information content (AvgIpc) is 3.41. The van der Waals surface area contributed by atoms with Gasteiger partial charge in [-0.25, -0.2) is 4.57 Å². The van der Waals surface area contributed by atoms with Gasteiger partial charge in [-0.2, -0.15) is 0 Å². The van der Waals surface area contributed by atoms with Crippen LogP contribution in [0.2, 0.25) is 0 Å². The molecule has 0 aromatic heterocycles.